The van der Waals surface area contributed by atoms with Crippen molar-refractivity contribution in [3.05, 3.63) is 52.0 Å². The Kier molecular flexibility index (Phi) is 2.89. The summed E-state index contributed by atoms with van der Waals surface area (Å²) in [7, 11) is 0. The molecule has 2 heterocycles. The average Bonchev–Trinajstić information content (AvgIpc) is 3.04. The minimum absolute atomic E-state index is 0.0337. The smallest absolute Gasteiger partial charge is 0.251 e. The van der Waals surface area contributed by atoms with Gasteiger partial charge in [-0.05, 0) is 35.9 Å². The van der Waals surface area contributed by atoms with Crippen molar-refractivity contribution in [2.45, 2.75) is 12.5 Å². The highest BCUT2D eigenvalue weighted by Gasteiger charge is 2.32. The predicted octanol–water partition coefficient (Wildman–Crippen LogP) is 3.49. The van der Waals surface area contributed by atoms with Gasteiger partial charge in [0, 0.05) is 27.8 Å². The Morgan fingerprint density at radius 2 is 2.19 bits per heavy atom. The Balaban J connectivity index is 1.68. The lowest BCUT2D eigenvalue weighted by Crippen LogP contribution is -2.19. The van der Waals surface area contributed by atoms with Crippen LogP contribution in [0.1, 0.15) is 17.2 Å². The predicted molar refractivity (Wildman–Crippen MR) is 84.8 cm³/mol. The van der Waals surface area contributed by atoms with Crippen molar-refractivity contribution in [3.63, 3.8) is 0 Å². The molecule has 4 nitrogen and oxygen atoms in total. The molecule has 1 atom stereocenters. The molecule has 0 spiro atoms. The molecule has 5 heteroatoms. The van der Waals surface area contributed by atoms with Crippen LogP contribution in [0.2, 0.25) is 0 Å². The Labute approximate surface area is 130 Å². The number of amides is 1. The van der Waals surface area contributed by atoms with Gasteiger partial charge < -0.3 is 15.4 Å². The first-order chi connectivity index (χ1) is 10.2. The van der Waals surface area contributed by atoms with Crippen LogP contribution in [0.3, 0.4) is 0 Å². The van der Waals surface area contributed by atoms with Gasteiger partial charge in [0.1, 0.15) is 11.8 Å². The first-order valence-corrected chi connectivity index (χ1v) is 7.63. The van der Waals surface area contributed by atoms with Crippen LogP contribution in [0.5, 0.6) is 5.75 Å². The van der Waals surface area contributed by atoms with Crippen LogP contribution in [0.4, 0.5) is 11.4 Å². The molecule has 21 heavy (non-hydrogen) atoms. The summed E-state index contributed by atoms with van der Waals surface area (Å²) in [5, 5.41) is 6.22. The van der Waals surface area contributed by atoms with E-state index >= 15 is 0 Å². The molecular weight excluding hydrogens is 332 g/mol. The summed E-state index contributed by atoms with van der Waals surface area (Å²) in [5.41, 5.74) is 3.93. The number of anilines is 2. The first kappa shape index (κ1) is 12.7. The summed E-state index contributed by atoms with van der Waals surface area (Å²) >= 11 is 3.53. The van der Waals surface area contributed by atoms with E-state index in [1.165, 1.54) is 5.56 Å². The number of nitrogens with one attached hydrogen (secondary N) is 2. The number of fused-ring (bicyclic) bond motifs is 2. The third kappa shape index (κ3) is 2.08. The van der Waals surface area contributed by atoms with Gasteiger partial charge in [-0.25, -0.2) is 0 Å². The lowest BCUT2D eigenvalue weighted by Gasteiger charge is -2.15. The molecule has 2 aliphatic heterocycles. The van der Waals surface area contributed by atoms with E-state index in [0.717, 1.165) is 40.2 Å². The van der Waals surface area contributed by atoms with Crippen molar-refractivity contribution in [2.75, 3.05) is 17.2 Å². The number of carbonyl (C=O) groups excluding carboxylic acids is 1. The molecule has 1 amide bonds. The Bertz CT molecular complexity index is 745. The third-order valence-electron chi connectivity index (χ3n) is 3.86. The largest absolute Gasteiger partial charge is 0.493 e. The second-order valence-corrected chi connectivity index (χ2v) is 6.04. The molecule has 0 saturated carbocycles. The number of rotatable bonds is 2. The lowest BCUT2D eigenvalue weighted by molar-refractivity contribution is -0.116. The van der Waals surface area contributed by atoms with Gasteiger partial charge in [0.05, 0.1) is 6.61 Å². The van der Waals surface area contributed by atoms with Gasteiger partial charge in [-0.15, -0.1) is 0 Å². The fraction of sp³-hybridized carbons (Fsp3) is 0.188. The zero-order valence-corrected chi connectivity index (χ0v) is 12.7. The summed E-state index contributed by atoms with van der Waals surface area (Å²) in [4.78, 5) is 12.2. The third-order valence-corrected chi connectivity index (χ3v) is 4.55. The first-order valence-electron chi connectivity index (χ1n) is 6.84. The topological polar surface area (TPSA) is 50.4 Å². The van der Waals surface area contributed by atoms with E-state index in [9.17, 15) is 4.79 Å². The molecule has 0 aliphatic carbocycles. The van der Waals surface area contributed by atoms with Crippen LogP contribution in [-0.2, 0) is 11.2 Å². The van der Waals surface area contributed by atoms with E-state index in [-0.39, 0.29) is 11.9 Å². The van der Waals surface area contributed by atoms with Crippen LogP contribution in [0.15, 0.2) is 40.9 Å². The summed E-state index contributed by atoms with van der Waals surface area (Å²) in [5.74, 6) is 0.909. The van der Waals surface area contributed by atoms with Crippen molar-refractivity contribution in [1.82, 2.24) is 0 Å². The Hall–Kier alpha value is -2.01. The standard InChI is InChI=1S/C16H13BrN2O2/c17-11-2-1-3-12-14(11)15(16(20)19-12)18-10-4-5-13-9(8-10)6-7-21-13/h1-5,8,15,18H,6-7H2,(H,19,20). The molecule has 0 fully saturated rings. The molecule has 0 bridgehead atoms. The molecule has 106 valence electrons. The van der Waals surface area contributed by atoms with Crippen molar-refractivity contribution >= 4 is 33.2 Å². The molecule has 0 aromatic heterocycles. The molecule has 4 rings (SSSR count). The summed E-state index contributed by atoms with van der Waals surface area (Å²) < 4.78 is 6.44. The highest BCUT2D eigenvalue weighted by Crippen LogP contribution is 2.39. The maximum atomic E-state index is 12.2. The van der Waals surface area contributed by atoms with E-state index in [4.69, 9.17) is 4.74 Å². The van der Waals surface area contributed by atoms with Gasteiger partial charge in [-0.2, -0.15) is 0 Å². The maximum absolute atomic E-state index is 12.2. The van der Waals surface area contributed by atoms with Gasteiger partial charge in [0.2, 0.25) is 0 Å². The van der Waals surface area contributed by atoms with Gasteiger partial charge >= 0.3 is 0 Å². The molecular formula is C16H13BrN2O2. The molecule has 0 radical (unpaired) electrons. The fourth-order valence-electron chi connectivity index (χ4n) is 2.86. The van der Waals surface area contributed by atoms with Crippen LogP contribution in [-0.4, -0.2) is 12.5 Å². The van der Waals surface area contributed by atoms with E-state index < -0.39 is 0 Å². The van der Waals surface area contributed by atoms with Gasteiger partial charge in [0.15, 0.2) is 0 Å². The Morgan fingerprint density at radius 3 is 3.10 bits per heavy atom. The van der Waals surface area contributed by atoms with Gasteiger partial charge in [-0.3, -0.25) is 4.79 Å². The zero-order chi connectivity index (χ0) is 14.4. The molecule has 2 aromatic carbocycles. The molecule has 0 saturated heterocycles. The van der Waals surface area contributed by atoms with E-state index in [1.807, 2.05) is 30.3 Å². The minimum atomic E-state index is -0.379. The highest BCUT2D eigenvalue weighted by atomic mass is 79.9. The second-order valence-electron chi connectivity index (χ2n) is 5.19. The number of benzene rings is 2. The van der Waals surface area contributed by atoms with Crippen molar-refractivity contribution in [1.29, 1.82) is 0 Å². The van der Waals surface area contributed by atoms with E-state index in [0.29, 0.717) is 0 Å². The quantitative estimate of drug-likeness (QED) is 0.876. The summed E-state index contributed by atoms with van der Waals surface area (Å²) in [6.45, 7) is 0.733. The van der Waals surface area contributed by atoms with Crippen molar-refractivity contribution in [2.24, 2.45) is 0 Å². The van der Waals surface area contributed by atoms with Crippen LogP contribution in [0.25, 0.3) is 0 Å². The van der Waals surface area contributed by atoms with Crippen LogP contribution in [0, 0.1) is 0 Å². The van der Waals surface area contributed by atoms with Gasteiger partial charge in [0.25, 0.3) is 5.91 Å². The Morgan fingerprint density at radius 1 is 1.29 bits per heavy atom. The van der Waals surface area contributed by atoms with Crippen molar-refractivity contribution in [3.8, 4) is 5.75 Å². The van der Waals surface area contributed by atoms with Crippen molar-refractivity contribution < 1.29 is 9.53 Å². The fourth-order valence-corrected chi connectivity index (χ4v) is 3.45. The van der Waals surface area contributed by atoms with E-state index in [1.54, 1.807) is 0 Å². The van der Waals surface area contributed by atoms with Crippen LogP contribution < -0.4 is 15.4 Å². The normalized spacial score (nSPS) is 18.7. The molecule has 2 aliphatic rings. The zero-order valence-electron chi connectivity index (χ0n) is 11.2. The van der Waals surface area contributed by atoms with Crippen LogP contribution >= 0.6 is 15.9 Å². The average molecular weight is 345 g/mol. The molecule has 1 unspecified atom stereocenters. The lowest BCUT2D eigenvalue weighted by atomic mass is 10.1. The molecule has 2 N–H and O–H groups in total. The second kappa shape index (κ2) is 4.77. The maximum Gasteiger partial charge on any atom is 0.251 e. The molecule has 2 aromatic rings. The van der Waals surface area contributed by atoms with E-state index in [2.05, 4.69) is 32.6 Å². The monoisotopic (exact) mass is 344 g/mol. The van der Waals surface area contributed by atoms with Gasteiger partial charge in [-0.1, -0.05) is 22.0 Å². The summed E-state index contributed by atoms with van der Waals surface area (Å²) in [6, 6.07) is 11.4. The summed E-state index contributed by atoms with van der Waals surface area (Å²) in [6.07, 6.45) is 0.919. The minimum Gasteiger partial charge on any atom is -0.493 e. The number of ether oxygens (including phenoxy) is 1. The number of carbonyl (C=O) groups is 1. The SMILES string of the molecule is O=C1Nc2cccc(Br)c2C1Nc1ccc2c(c1)CCO2. The number of hydrogen-bond donors (Lipinski definition) is 2. The number of hydrogen-bond acceptors (Lipinski definition) is 3. The number of halogens is 1. The highest BCUT2D eigenvalue weighted by molar-refractivity contribution is 9.10.